The van der Waals surface area contributed by atoms with Gasteiger partial charge in [-0.15, -0.1) is 13.2 Å². The van der Waals surface area contributed by atoms with Gasteiger partial charge in [-0.3, -0.25) is 9.59 Å². The van der Waals surface area contributed by atoms with Crippen LogP contribution < -0.4 is 9.64 Å². The van der Waals surface area contributed by atoms with Crippen molar-refractivity contribution in [2.75, 3.05) is 37.5 Å². The molecule has 2 aromatic rings. The second-order valence-electron chi connectivity index (χ2n) is 15.7. The number of esters is 1. The molecule has 5 rings (SSSR count). The summed E-state index contributed by atoms with van der Waals surface area (Å²) < 4.78 is 36.9. The largest absolute Gasteiger partial charge is 0.490 e. The highest BCUT2D eigenvalue weighted by Crippen LogP contribution is 2.47. The molecule has 278 valence electrons. The summed E-state index contributed by atoms with van der Waals surface area (Å²) in [6.07, 6.45) is 9.24. The van der Waals surface area contributed by atoms with Crippen molar-refractivity contribution in [1.82, 2.24) is 0 Å². The van der Waals surface area contributed by atoms with Crippen LogP contribution in [-0.4, -0.2) is 65.6 Å². The maximum absolute atomic E-state index is 14.6. The van der Waals surface area contributed by atoms with Crippen molar-refractivity contribution >= 4 is 38.9 Å². The average Bonchev–Trinajstić information content (AvgIpc) is 3.20. The SMILES string of the molecule is C=CC[C@H](C)[C@@H](C)[S@](=O)(CC(=O)OC(C)(C)C)=NC(=O)c1ccc2c(c1)N(C[C@@H]1CC[C@H]1[C@H](C=C)OC)C[C@@]1(CCCc3cc(Cl)ccc31)CO2. The van der Waals surface area contributed by atoms with Crippen molar-refractivity contribution in [2.24, 2.45) is 22.1 Å². The van der Waals surface area contributed by atoms with Gasteiger partial charge in [-0.2, -0.15) is 4.36 Å². The number of ether oxygens (including phenoxy) is 3. The number of halogens is 1. The molecule has 2 aromatic carbocycles. The van der Waals surface area contributed by atoms with E-state index in [1.165, 1.54) is 11.1 Å². The molecule has 0 bridgehead atoms. The minimum Gasteiger partial charge on any atom is -0.490 e. The zero-order valence-corrected chi connectivity index (χ0v) is 32.7. The van der Waals surface area contributed by atoms with E-state index in [1.54, 1.807) is 46.9 Å². The van der Waals surface area contributed by atoms with Crippen LogP contribution in [-0.2, 0) is 35.8 Å². The summed E-state index contributed by atoms with van der Waals surface area (Å²) in [6, 6.07) is 11.5. The highest BCUT2D eigenvalue weighted by Gasteiger charge is 2.44. The van der Waals surface area contributed by atoms with Gasteiger partial charge >= 0.3 is 5.97 Å². The van der Waals surface area contributed by atoms with Gasteiger partial charge in [0.15, 0.2) is 0 Å². The van der Waals surface area contributed by atoms with Crippen LogP contribution in [0.15, 0.2) is 66.1 Å². The first-order chi connectivity index (χ1) is 24.1. The van der Waals surface area contributed by atoms with E-state index < -0.39 is 38.2 Å². The molecule has 1 fully saturated rings. The van der Waals surface area contributed by atoms with Crippen LogP contribution in [0.25, 0.3) is 0 Å². The fraction of sp³-hybridized carbons (Fsp3) is 0.561. The molecule has 3 aliphatic rings. The van der Waals surface area contributed by atoms with Gasteiger partial charge < -0.3 is 19.1 Å². The predicted molar refractivity (Wildman–Crippen MR) is 206 cm³/mol. The highest BCUT2D eigenvalue weighted by atomic mass is 35.5. The molecule has 0 N–H and O–H groups in total. The maximum atomic E-state index is 14.6. The quantitative estimate of drug-likeness (QED) is 0.159. The molecule has 51 heavy (non-hydrogen) atoms. The molecule has 10 heteroatoms. The van der Waals surface area contributed by atoms with Crippen LogP contribution in [0.4, 0.5) is 5.69 Å². The molecule has 1 aliphatic heterocycles. The molecule has 1 heterocycles. The van der Waals surface area contributed by atoms with Crippen molar-refractivity contribution in [3.63, 3.8) is 0 Å². The number of aryl methyl sites for hydroxylation is 1. The van der Waals surface area contributed by atoms with Crippen molar-refractivity contribution in [3.8, 4) is 5.75 Å². The predicted octanol–water partition coefficient (Wildman–Crippen LogP) is 8.59. The van der Waals surface area contributed by atoms with Gasteiger partial charge in [-0.25, -0.2) is 4.21 Å². The van der Waals surface area contributed by atoms with Gasteiger partial charge in [0.05, 0.1) is 28.1 Å². The lowest BCUT2D eigenvalue weighted by atomic mass is 9.68. The van der Waals surface area contributed by atoms with Gasteiger partial charge in [-0.05, 0) is 125 Å². The number of carbonyl (C=O) groups is 2. The molecule has 0 saturated heterocycles. The summed E-state index contributed by atoms with van der Waals surface area (Å²) in [5.41, 5.74) is 2.57. The number of hydrogen-bond donors (Lipinski definition) is 0. The summed E-state index contributed by atoms with van der Waals surface area (Å²) in [4.78, 5) is 29.5. The van der Waals surface area contributed by atoms with E-state index in [2.05, 4.69) is 34.6 Å². The second kappa shape index (κ2) is 15.8. The van der Waals surface area contributed by atoms with Gasteiger partial charge in [0.1, 0.15) is 17.1 Å². The molecule has 1 spiro atoms. The molecule has 0 radical (unpaired) electrons. The van der Waals surface area contributed by atoms with E-state index in [1.807, 2.05) is 31.2 Å². The third-order valence-electron chi connectivity index (χ3n) is 11.0. The smallest absolute Gasteiger partial charge is 0.320 e. The topological polar surface area (TPSA) is 94.5 Å². The number of carbonyl (C=O) groups excluding carboxylic acids is 2. The summed E-state index contributed by atoms with van der Waals surface area (Å²) in [5, 5.41) is 0.165. The minimum absolute atomic E-state index is 0.0340. The minimum atomic E-state index is -3.37. The summed E-state index contributed by atoms with van der Waals surface area (Å²) in [5.74, 6) is -0.499. The van der Waals surface area contributed by atoms with E-state index in [4.69, 9.17) is 25.8 Å². The number of rotatable bonds is 12. The molecule has 0 unspecified atom stereocenters. The third kappa shape index (κ3) is 8.74. The van der Waals surface area contributed by atoms with Crippen LogP contribution in [0.5, 0.6) is 5.75 Å². The lowest BCUT2D eigenvalue weighted by molar-refractivity contribution is -0.151. The highest BCUT2D eigenvalue weighted by molar-refractivity contribution is 7.95. The fourth-order valence-electron chi connectivity index (χ4n) is 8.03. The van der Waals surface area contributed by atoms with Gasteiger partial charge in [0.2, 0.25) is 0 Å². The van der Waals surface area contributed by atoms with E-state index in [9.17, 15) is 13.8 Å². The molecule has 0 aromatic heterocycles. The Morgan fingerprint density at radius 3 is 2.59 bits per heavy atom. The van der Waals surface area contributed by atoms with Crippen LogP contribution in [0.1, 0.15) is 88.2 Å². The van der Waals surface area contributed by atoms with E-state index >= 15 is 0 Å². The monoisotopic (exact) mass is 738 g/mol. The Balaban J connectivity index is 1.55. The first-order valence-electron chi connectivity index (χ1n) is 18.2. The van der Waals surface area contributed by atoms with Crippen LogP contribution >= 0.6 is 11.6 Å². The summed E-state index contributed by atoms with van der Waals surface area (Å²) >= 11 is 6.45. The maximum Gasteiger partial charge on any atom is 0.320 e. The standard InChI is InChI=1S/C41H55ClN2O6S/c1-9-12-27(3)28(4)51(47,24-38(45)50-40(5,6)7)43-39(46)30-15-19-37-35(22-30)44(23-31-14-17-33(31)36(10-2)48-8)25-41(26-49-37)20-11-13-29-21-32(42)16-18-34(29)41/h9-10,15-16,18-19,21-22,27-28,31,33,36H,1-2,11-14,17,20,23-26H2,3-8H3/t27-,28+,31-,33+,36-,41-,51+/m0/s1. The van der Waals surface area contributed by atoms with Crippen LogP contribution in [0, 0.1) is 17.8 Å². The van der Waals surface area contributed by atoms with E-state index in [0.717, 1.165) is 49.4 Å². The van der Waals surface area contributed by atoms with Gasteiger partial charge in [0, 0.05) is 41.5 Å². The Hall–Kier alpha value is -3.14. The first-order valence-corrected chi connectivity index (χ1v) is 20.3. The number of hydrogen-bond acceptors (Lipinski definition) is 7. The molecule has 2 aliphatic carbocycles. The van der Waals surface area contributed by atoms with Crippen molar-refractivity contribution < 1.29 is 28.0 Å². The second-order valence-corrected chi connectivity index (χ2v) is 18.8. The lowest BCUT2D eigenvalue weighted by Crippen LogP contribution is -2.49. The fourth-order valence-corrected chi connectivity index (χ4v) is 10.3. The van der Waals surface area contributed by atoms with Crippen molar-refractivity contribution in [1.29, 1.82) is 0 Å². The zero-order chi connectivity index (χ0) is 37.1. The van der Waals surface area contributed by atoms with Crippen molar-refractivity contribution in [3.05, 3.63) is 83.4 Å². The number of allylic oxidation sites excluding steroid dienone is 1. The molecular weight excluding hydrogens is 684 g/mol. The number of amides is 1. The summed E-state index contributed by atoms with van der Waals surface area (Å²) in [6.45, 7) is 18.8. The number of nitrogens with zero attached hydrogens (tertiary/aromatic N) is 2. The average molecular weight is 739 g/mol. The Morgan fingerprint density at radius 2 is 1.94 bits per heavy atom. The Labute approximate surface area is 310 Å². The van der Waals surface area contributed by atoms with Crippen molar-refractivity contribution in [2.45, 2.75) is 95.5 Å². The zero-order valence-electron chi connectivity index (χ0n) is 31.1. The van der Waals surface area contributed by atoms with Gasteiger partial charge in [-0.1, -0.05) is 36.7 Å². The number of methoxy groups -OCH3 is 1. The van der Waals surface area contributed by atoms with Crippen LogP contribution in [0.2, 0.25) is 5.02 Å². The summed E-state index contributed by atoms with van der Waals surface area (Å²) in [7, 11) is -1.64. The first kappa shape index (κ1) is 39.1. The number of benzene rings is 2. The van der Waals surface area contributed by atoms with Crippen LogP contribution in [0.3, 0.4) is 0 Å². The molecular formula is C41H55ClN2O6S. The van der Waals surface area contributed by atoms with E-state index in [0.29, 0.717) is 42.7 Å². The third-order valence-corrected chi connectivity index (χ3v) is 14.0. The Kier molecular flexibility index (Phi) is 12.1. The number of fused-ring (bicyclic) bond motifs is 3. The Morgan fingerprint density at radius 1 is 1.18 bits per heavy atom. The normalized spacial score (nSPS) is 24.3. The lowest BCUT2D eigenvalue weighted by Gasteiger charge is -2.46. The number of anilines is 1. The van der Waals surface area contributed by atoms with Gasteiger partial charge in [0.25, 0.3) is 5.91 Å². The Bertz CT molecular complexity index is 1760. The molecule has 8 nitrogen and oxygen atoms in total. The molecule has 7 atom stereocenters. The molecule has 1 saturated carbocycles. The van der Waals surface area contributed by atoms with E-state index in [-0.39, 0.29) is 17.4 Å². The molecule has 1 amide bonds.